The van der Waals surface area contributed by atoms with E-state index in [4.69, 9.17) is 0 Å². The second-order valence-electron chi connectivity index (χ2n) is 5.36. The fraction of sp³-hybridized carbons (Fsp3) is 0.714. The molecule has 112 valence electrons. The molecule has 2 rings (SSSR count). The summed E-state index contributed by atoms with van der Waals surface area (Å²) < 4.78 is 1.73. The van der Waals surface area contributed by atoms with Gasteiger partial charge in [-0.25, -0.2) is 4.79 Å². The van der Waals surface area contributed by atoms with E-state index < -0.39 is 0 Å². The molecular formula is C14H25N5O. The van der Waals surface area contributed by atoms with Crippen molar-refractivity contribution in [3.05, 3.63) is 18.0 Å². The second-order valence-corrected chi connectivity index (χ2v) is 5.36. The van der Waals surface area contributed by atoms with Crippen molar-refractivity contribution in [1.82, 2.24) is 25.3 Å². The first kappa shape index (κ1) is 14.8. The van der Waals surface area contributed by atoms with Crippen LogP contribution in [0.3, 0.4) is 0 Å². The summed E-state index contributed by atoms with van der Waals surface area (Å²) in [6.45, 7) is 5.64. The number of hydrogen-bond acceptors (Lipinski definition) is 3. The molecule has 1 unspecified atom stereocenters. The molecule has 6 nitrogen and oxygen atoms in total. The van der Waals surface area contributed by atoms with Crippen molar-refractivity contribution in [2.75, 3.05) is 19.6 Å². The summed E-state index contributed by atoms with van der Waals surface area (Å²) in [5, 5.41) is 9.91. The first-order chi connectivity index (χ1) is 9.69. The molecule has 2 heterocycles. The van der Waals surface area contributed by atoms with Crippen LogP contribution in [0.15, 0.2) is 12.4 Å². The fourth-order valence-corrected chi connectivity index (χ4v) is 2.73. The third-order valence-electron chi connectivity index (χ3n) is 3.86. The quantitative estimate of drug-likeness (QED) is 0.848. The summed E-state index contributed by atoms with van der Waals surface area (Å²) in [6, 6.07) is 0.383. The van der Waals surface area contributed by atoms with Gasteiger partial charge in [0.2, 0.25) is 0 Å². The number of nitrogens with zero attached hydrogens (tertiary/aromatic N) is 3. The van der Waals surface area contributed by atoms with Gasteiger partial charge in [0.05, 0.1) is 6.20 Å². The normalized spacial score (nSPS) is 19.8. The van der Waals surface area contributed by atoms with Crippen LogP contribution in [0.1, 0.15) is 31.7 Å². The Morgan fingerprint density at radius 2 is 2.30 bits per heavy atom. The van der Waals surface area contributed by atoms with Crippen LogP contribution in [-0.2, 0) is 13.6 Å². The maximum Gasteiger partial charge on any atom is 0.315 e. The lowest BCUT2D eigenvalue weighted by atomic mass is 10.0. The minimum absolute atomic E-state index is 0.101. The SMILES string of the molecule is CCN1CCCCC1CNC(=O)NCc1cnn(C)c1. The number of urea groups is 1. The number of rotatable bonds is 5. The van der Waals surface area contributed by atoms with Crippen molar-refractivity contribution in [3.8, 4) is 0 Å². The average Bonchev–Trinajstić information content (AvgIpc) is 2.89. The van der Waals surface area contributed by atoms with Gasteiger partial charge in [-0.1, -0.05) is 13.3 Å². The maximum atomic E-state index is 11.8. The summed E-state index contributed by atoms with van der Waals surface area (Å²) in [6.07, 6.45) is 7.38. The minimum atomic E-state index is -0.101. The predicted molar refractivity (Wildman–Crippen MR) is 78.3 cm³/mol. The number of nitrogens with one attached hydrogen (secondary N) is 2. The maximum absolute atomic E-state index is 11.8. The summed E-state index contributed by atoms with van der Waals surface area (Å²) in [5.74, 6) is 0. The van der Waals surface area contributed by atoms with Gasteiger partial charge in [0.25, 0.3) is 0 Å². The lowest BCUT2D eigenvalue weighted by molar-refractivity contribution is 0.153. The van der Waals surface area contributed by atoms with Gasteiger partial charge in [0.1, 0.15) is 0 Å². The molecule has 0 radical (unpaired) electrons. The molecule has 0 aliphatic carbocycles. The minimum Gasteiger partial charge on any atom is -0.337 e. The Balaban J connectivity index is 1.69. The lowest BCUT2D eigenvalue weighted by Gasteiger charge is -2.34. The van der Waals surface area contributed by atoms with E-state index in [1.807, 2.05) is 13.2 Å². The van der Waals surface area contributed by atoms with Crippen LogP contribution in [0.25, 0.3) is 0 Å². The van der Waals surface area contributed by atoms with Crippen LogP contribution in [0.4, 0.5) is 4.79 Å². The van der Waals surface area contributed by atoms with E-state index >= 15 is 0 Å². The Kier molecular flexibility index (Phi) is 5.40. The Morgan fingerprint density at radius 1 is 1.45 bits per heavy atom. The Bertz CT molecular complexity index is 431. The Labute approximate surface area is 120 Å². The molecule has 2 amide bonds. The number of carbonyl (C=O) groups is 1. The molecule has 0 spiro atoms. The molecule has 1 atom stereocenters. The standard InChI is InChI=1S/C14H25N5O/c1-3-19-7-5-4-6-13(19)10-16-14(20)15-8-12-9-17-18(2)11-12/h9,11,13H,3-8,10H2,1-2H3,(H2,15,16,20). The molecule has 1 aliphatic heterocycles. The van der Waals surface area contributed by atoms with Crippen molar-refractivity contribution >= 4 is 6.03 Å². The summed E-state index contributed by atoms with van der Waals surface area (Å²) >= 11 is 0. The van der Waals surface area contributed by atoms with Crippen molar-refractivity contribution < 1.29 is 4.79 Å². The number of piperidine rings is 1. The number of amides is 2. The number of carbonyl (C=O) groups excluding carboxylic acids is 1. The predicted octanol–water partition coefficient (Wildman–Crippen LogP) is 1.09. The molecule has 1 aromatic rings. The van der Waals surface area contributed by atoms with E-state index in [0.717, 1.165) is 25.2 Å². The Morgan fingerprint density at radius 3 is 3.00 bits per heavy atom. The topological polar surface area (TPSA) is 62.2 Å². The number of likely N-dealkylation sites (tertiary alicyclic amines) is 1. The van der Waals surface area contributed by atoms with Crippen LogP contribution in [-0.4, -0.2) is 46.4 Å². The molecule has 0 saturated carbocycles. The zero-order valence-electron chi connectivity index (χ0n) is 12.4. The zero-order valence-corrected chi connectivity index (χ0v) is 12.4. The van der Waals surface area contributed by atoms with E-state index in [1.165, 1.54) is 19.3 Å². The molecule has 0 bridgehead atoms. The van der Waals surface area contributed by atoms with Gasteiger partial charge < -0.3 is 10.6 Å². The third kappa shape index (κ3) is 4.23. The highest BCUT2D eigenvalue weighted by molar-refractivity contribution is 5.73. The van der Waals surface area contributed by atoms with E-state index in [0.29, 0.717) is 12.6 Å². The van der Waals surface area contributed by atoms with Gasteiger partial charge in [-0.05, 0) is 25.9 Å². The molecule has 6 heteroatoms. The number of aryl methyl sites for hydroxylation is 1. The summed E-state index contributed by atoms with van der Waals surface area (Å²) in [4.78, 5) is 14.2. The van der Waals surface area contributed by atoms with Gasteiger partial charge in [-0.2, -0.15) is 5.10 Å². The van der Waals surface area contributed by atoms with E-state index in [2.05, 4.69) is 27.6 Å². The van der Waals surface area contributed by atoms with Gasteiger partial charge in [0.15, 0.2) is 0 Å². The molecule has 0 aromatic carbocycles. The van der Waals surface area contributed by atoms with Crippen LogP contribution in [0.2, 0.25) is 0 Å². The molecule has 1 fully saturated rings. The number of aromatic nitrogens is 2. The molecule has 1 aliphatic rings. The largest absolute Gasteiger partial charge is 0.337 e. The van der Waals surface area contributed by atoms with Crippen molar-refractivity contribution in [1.29, 1.82) is 0 Å². The highest BCUT2D eigenvalue weighted by Gasteiger charge is 2.21. The fourth-order valence-electron chi connectivity index (χ4n) is 2.73. The first-order valence-corrected chi connectivity index (χ1v) is 7.42. The molecular weight excluding hydrogens is 254 g/mol. The van der Waals surface area contributed by atoms with Gasteiger partial charge in [-0.3, -0.25) is 9.58 Å². The molecule has 2 N–H and O–H groups in total. The van der Waals surface area contributed by atoms with Crippen LogP contribution in [0, 0.1) is 0 Å². The number of hydrogen-bond donors (Lipinski definition) is 2. The third-order valence-corrected chi connectivity index (χ3v) is 3.86. The second kappa shape index (κ2) is 7.28. The van der Waals surface area contributed by atoms with Gasteiger partial charge in [-0.15, -0.1) is 0 Å². The average molecular weight is 279 g/mol. The van der Waals surface area contributed by atoms with Crippen LogP contribution < -0.4 is 10.6 Å². The van der Waals surface area contributed by atoms with E-state index in [9.17, 15) is 4.79 Å². The van der Waals surface area contributed by atoms with Gasteiger partial charge >= 0.3 is 6.03 Å². The van der Waals surface area contributed by atoms with E-state index in [1.54, 1.807) is 10.9 Å². The number of likely N-dealkylation sites (N-methyl/N-ethyl adjacent to an activating group) is 1. The van der Waals surface area contributed by atoms with E-state index in [-0.39, 0.29) is 6.03 Å². The molecule has 1 saturated heterocycles. The van der Waals surface area contributed by atoms with Crippen molar-refractivity contribution in [2.24, 2.45) is 7.05 Å². The first-order valence-electron chi connectivity index (χ1n) is 7.42. The monoisotopic (exact) mass is 279 g/mol. The van der Waals surface area contributed by atoms with Crippen molar-refractivity contribution in [2.45, 2.75) is 38.8 Å². The highest BCUT2D eigenvalue weighted by atomic mass is 16.2. The van der Waals surface area contributed by atoms with Crippen LogP contribution in [0.5, 0.6) is 0 Å². The van der Waals surface area contributed by atoms with Gasteiger partial charge in [0, 0.05) is 37.9 Å². The highest BCUT2D eigenvalue weighted by Crippen LogP contribution is 2.15. The summed E-state index contributed by atoms with van der Waals surface area (Å²) in [7, 11) is 1.87. The van der Waals surface area contributed by atoms with Crippen LogP contribution >= 0.6 is 0 Å². The van der Waals surface area contributed by atoms with Crippen molar-refractivity contribution in [3.63, 3.8) is 0 Å². The molecule has 1 aromatic heterocycles. The lowest BCUT2D eigenvalue weighted by Crippen LogP contribution is -2.48. The molecule has 20 heavy (non-hydrogen) atoms. The zero-order chi connectivity index (χ0) is 14.4. The Hall–Kier alpha value is -1.56. The summed E-state index contributed by atoms with van der Waals surface area (Å²) in [5.41, 5.74) is 1.01. The smallest absolute Gasteiger partial charge is 0.315 e.